The maximum Gasteiger partial charge on any atom is 0.232 e. The molecular weight excluding hydrogens is 442 g/mol. The molecule has 0 saturated heterocycles. The van der Waals surface area contributed by atoms with Crippen LogP contribution in [0.1, 0.15) is 35.3 Å². The van der Waals surface area contributed by atoms with Crippen LogP contribution in [0.15, 0.2) is 72.0 Å². The van der Waals surface area contributed by atoms with Gasteiger partial charge in [-0.25, -0.2) is 10.5 Å². The van der Waals surface area contributed by atoms with E-state index in [0.717, 1.165) is 22.3 Å². The van der Waals surface area contributed by atoms with Crippen molar-refractivity contribution >= 4 is 17.3 Å². The number of halogens is 1. The van der Waals surface area contributed by atoms with Crippen LogP contribution in [-0.2, 0) is 27.6 Å². The highest BCUT2D eigenvalue weighted by Crippen LogP contribution is 2.28. The first-order valence-electron chi connectivity index (χ1n) is 10.5. The van der Waals surface area contributed by atoms with Crippen LogP contribution in [-0.4, -0.2) is 31.5 Å². The third kappa shape index (κ3) is 7.27. The van der Waals surface area contributed by atoms with Gasteiger partial charge < -0.3 is 14.3 Å². The number of pyridine rings is 1. The summed E-state index contributed by atoms with van der Waals surface area (Å²) in [5.74, 6) is 0.349. The van der Waals surface area contributed by atoms with Crippen molar-refractivity contribution in [1.29, 1.82) is 0 Å². The molecular formula is C25H28ClN3O4. The fraction of sp³-hybridized carbons (Fsp3) is 0.280. The Morgan fingerprint density at radius 2 is 1.85 bits per heavy atom. The van der Waals surface area contributed by atoms with Gasteiger partial charge in [0.1, 0.15) is 31.1 Å². The van der Waals surface area contributed by atoms with E-state index < -0.39 is 0 Å². The third-order valence-electron chi connectivity index (χ3n) is 4.89. The molecule has 0 aliphatic heterocycles. The minimum Gasteiger partial charge on any atom is -0.472 e. The Morgan fingerprint density at radius 1 is 1.09 bits per heavy atom. The molecule has 3 aromatic rings. The van der Waals surface area contributed by atoms with E-state index in [4.69, 9.17) is 30.7 Å². The first kappa shape index (κ1) is 24.7. The lowest BCUT2D eigenvalue weighted by molar-refractivity contribution is 0.0523. The van der Waals surface area contributed by atoms with Gasteiger partial charge >= 0.3 is 0 Å². The number of hydrogen-bond donors (Lipinski definition) is 1. The summed E-state index contributed by atoms with van der Waals surface area (Å²) in [6, 6.07) is 19.6. The second kappa shape index (κ2) is 12.9. The van der Waals surface area contributed by atoms with E-state index in [2.05, 4.69) is 15.6 Å². The molecule has 0 aliphatic carbocycles. The third-order valence-corrected chi connectivity index (χ3v) is 5.16. The van der Waals surface area contributed by atoms with Crippen LogP contribution < -0.4 is 10.2 Å². The van der Waals surface area contributed by atoms with E-state index >= 15 is 0 Å². The number of hydrogen-bond acceptors (Lipinski definition) is 7. The van der Waals surface area contributed by atoms with Crippen LogP contribution in [0.4, 0.5) is 0 Å². The van der Waals surface area contributed by atoms with Crippen molar-refractivity contribution in [3.8, 4) is 5.88 Å². The van der Waals surface area contributed by atoms with Crippen molar-refractivity contribution in [1.82, 2.24) is 10.5 Å². The monoisotopic (exact) mass is 469 g/mol. The van der Waals surface area contributed by atoms with Gasteiger partial charge in [0.15, 0.2) is 0 Å². The Kier molecular flexibility index (Phi) is 9.65. The SMILES string of the molecule is CNOCC(=NOC)c1ccccc1COc1ncc(C(C)OCc2ccccc2)cc1Cl. The molecule has 0 saturated carbocycles. The summed E-state index contributed by atoms with van der Waals surface area (Å²) >= 11 is 6.46. The number of benzene rings is 2. The van der Waals surface area contributed by atoms with Crippen LogP contribution >= 0.6 is 11.6 Å². The van der Waals surface area contributed by atoms with Crippen molar-refractivity contribution < 1.29 is 19.1 Å². The normalized spacial score (nSPS) is 12.4. The van der Waals surface area contributed by atoms with Gasteiger partial charge in [-0.05, 0) is 24.1 Å². The summed E-state index contributed by atoms with van der Waals surface area (Å²) in [6.45, 7) is 2.97. The Morgan fingerprint density at radius 3 is 2.58 bits per heavy atom. The van der Waals surface area contributed by atoms with Gasteiger partial charge in [-0.1, -0.05) is 71.4 Å². The summed E-state index contributed by atoms with van der Waals surface area (Å²) in [6.07, 6.45) is 1.56. The summed E-state index contributed by atoms with van der Waals surface area (Å²) in [7, 11) is 3.18. The lowest BCUT2D eigenvalue weighted by Gasteiger charge is -2.16. The van der Waals surface area contributed by atoms with Crippen molar-refractivity contribution in [2.75, 3.05) is 20.8 Å². The van der Waals surface area contributed by atoms with Crippen molar-refractivity contribution in [2.24, 2.45) is 5.16 Å². The second-order valence-corrected chi connectivity index (χ2v) is 7.56. The molecule has 0 fully saturated rings. The molecule has 0 spiro atoms. The summed E-state index contributed by atoms with van der Waals surface area (Å²) in [5, 5.41) is 4.50. The highest BCUT2D eigenvalue weighted by Gasteiger charge is 2.14. The molecule has 174 valence electrons. The van der Waals surface area contributed by atoms with Gasteiger partial charge in [-0.15, -0.1) is 0 Å². The molecule has 2 aromatic carbocycles. The van der Waals surface area contributed by atoms with Crippen LogP contribution in [0.2, 0.25) is 5.02 Å². The van der Waals surface area contributed by atoms with E-state index in [9.17, 15) is 0 Å². The number of oxime groups is 1. The average Bonchev–Trinajstić information content (AvgIpc) is 2.85. The van der Waals surface area contributed by atoms with Gasteiger partial charge in [0.05, 0.1) is 12.7 Å². The quantitative estimate of drug-likeness (QED) is 0.294. The van der Waals surface area contributed by atoms with E-state index in [1.165, 1.54) is 7.11 Å². The Bertz CT molecular complexity index is 1050. The van der Waals surface area contributed by atoms with Crippen LogP contribution in [0.25, 0.3) is 0 Å². The number of rotatable bonds is 12. The Hall–Kier alpha value is -2.97. The Balaban J connectivity index is 1.66. The highest BCUT2D eigenvalue weighted by molar-refractivity contribution is 6.31. The molecule has 3 rings (SSSR count). The van der Waals surface area contributed by atoms with Gasteiger partial charge in [0.25, 0.3) is 0 Å². The molecule has 1 atom stereocenters. The van der Waals surface area contributed by atoms with Crippen LogP contribution in [0.5, 0.6) is 5.88 Å². The van der Waals surface area contributed by atoms with Crippen molar-refractivity contribution in [2.45, 2.75) is 26.2 Å². The molecule has 0 radical (unpaired) electrons. The van der Waals surface area contributed by atoms with Crippen LogP contribution in [0.3, 0.4) is 0 Å². The van der Waals surface area contributed by atoms with E-state index in [1.807, 2.05) is 67.6 Å². The summed E-state index contributed by atoms with van der Waals surface area (Å²) < 4.78 is 11.9. The number of nitrogens with zero attached hydrogens (tertiary/aromatic N) is 2. The molecule has 1 N–H and O–H groups in total. The number of hydroxylamine groups is 1. The zero-order valence-electron chi connectivity index (χ0n) is 19.0. The highest BCUT2D eigenvalue weighted by atomic mass is 35.5. The number of ether oxygens (including phenoxy) is 2. The Labute approximate surface area is 199 Å². The fourth-order valence-corrected chi connectivity index (χ4v) is 3.37. The standard InChI is InChI=1S/C25H28ClN3O4/c1-18(31-15-19-9-5-4-6-10-19)21-13-23(26)25(28-14-21)32-16-20-11-7-8-12-22(20)24(29-30-3)17-33-27-2/h4-14,18,27H,15-17H2,1-3H3. The molecule has 8 heteroatoms. The van der Waals surface area contributed by atoms with Crippen molar-refractivity contribution in [3.05, 3.63) is 94.1 Å². The largest absolute Gasteiger partial charge is 0.472 e. The summed E-state index contributed by atoms with van der Waals surface area (Å²) in [4.78, 5) is 14.7. The fourth-order valence-electron chi connectivity index (χ4n) is 3.14. The van der Waals surface area contributed by atoms with E-state index in [1.54, 1.807) is 13.2 Å². The lowest BCUT2D eigenvalue weighted by Crippen LogP contribution is -2.19. The molecule has 0 aliphatic rings. The minimum absolute atomic E-state index is 0.162. The first-order valence-corrected chi connectivity index (χ1v) is 10.9. The maximum absolute atomic E-state index is 6.46. The average molecular weight is 470 g/mol. The predicted molar refractivity (Wildman–Crippen MR) is 128 cm³/mol. The first-order chi connectivity index (χ1) is 16.1. The number of nitrogens with one attached hydrogen (secondary N) is 1. The molecule has 1 aromatic heterocycles. The van der Waals surface area contributed by atoms with Gasteiger partial charge in [0, 0.05) is 24.4 Å². The molecule has 0 amide bonds. The van der Waals surface area contributed by atoms with Gasteiger partial charge in [-0.2, -0.15) is 0 Å². The van der Waals surface area contributed by atoms with E-state index in [0.29, 0.717) is 23.2 Å². The smallest absolute Gasteiger partial charge is 0.232 e. The zero-order valence-corrected chi connectivity index (χ0v) is 19.7. The minimum atomic E-state index is -0.162. The molecule has 1 unspecified atom stereocenters. The zero-order chi connectivity index (χ0) is 23.5. The lowest BCUT2D eigenvalue weighted by atomic mass is 10.0. The van der Waals surface area contributed by atoms with Gasteiger partial charge in [-0.3, -0.25) is 4.84 Å². The number of aromatic nitrogens is 1. The molecule has 1 heterocycles. The van der Waals surface area contributed by atoms with Crippen LogP contribution in [0, 0.1) is 0 Å². The maximum atomic E-state index is 6.46. The summed E-state index contributed by atoms with van der Waals surface area (Å²) in [5.41, 5.74) is 7.00. The second-order valence-electron chi connectivity index (χ2n) is 7.15. The van der Waals surface area contributed by atoms with Gasteiger partial charge in [0.2, 0.25) is 5.88 Å². The molecule has 7 nitrogen and oxygen atoms in total. The van der Waals surface area contributed by atoms with Crippen molar-refractivity contribution in [3.63, 3.8) is 0 Å². The molecule has 0 bridgehead atoms. The molecule has 33 heavy (non-hydrogen) atoms. The van der Waals surface area contributed by atoms with E-state index in [-0.39, 0.29) is 19.3 Å². The topological polar surface area (TPSA) is 74.2 Å². The predicted octanol–water partition coefficient (Wildman–Crippen LogP) is 5.09.